The number of allylic oxidation sites excluding steroid dienone is 8. The fourth-order valence-electron chi connectivity index (χ4n) is 9.14. The average Bonchev–Trinajstić information content (AvgIpc) is 3.34. The van der Waals surface area contributed by atoms with Crippen molar-refractivity contribution in [2.45, 2.75) is 328 Å². The molecule has 1 atom stereocenters. The lowest BCUT2D eigenvalue weighted by atomic mass is 10.0. The summed E-state index contributed by atoms with van der Waals surface area (Å²) in [6.45, 7) is 4.06. The molecule has 5 nitrogen and oxygen atoms in total. The fourth-order valence-corrected chi connectivity index (χ4v) is 9.14. The van der Waals surface area contributed by atoms with E-state index in [1.807, 2.05) is 0 Å². The van der Waals surface area contributed by atoms with Gasteiger partial charge in [-0.05, 0) is 51.4 Å². The van der Waals surface area contributed by atoms with Crippen LogP contribution in [0.1, 0.15) is 322 Å². The summed E-state index contributed by atoms with van der Waals surface area (Å²) < 4.78 is 10.7. The summed E-state index contributed by atoms with van der Waals surface area (Å²) in [5, 5.41) is 9.63. The molecule has 0 aliphatic heterocycles. The van der Waals surface area contributed by atoms with Crippen molar-refractivity contribution in [3.63, 3.8) is 0 Å². The van der Waals surface area contributed by atoms with Crippen LogP contribution in [0.2, 0.25) is 0 Å². The lowest BCUT2D eigenvalue weighted by Crippen LogP contribution is -2.28. The number of hydrogen-bond donors (Lipinski definition) is 1. The molecule has 0 aromatic rings. The van der Waals surface area contributed by atoms with E-state index in [0.717, 1.165) is 57.8 Å². The van der Waals surface area contributed by atoms with Gasteiger partial charge in [-0.25, -0.2) is 0 Å². The van der Waals surface area contributed by atoms with Crippen molar-refractivity contribution in [1.29, 1.82) is 0 Å². The Balaban J connectivity index is 3.35. The zero-order valence-corrected chi connectivity index (χ0v) is 45.6. The highest BCUT2D eigenvalue weighted by Gasteiger charge is 2.16. The second kappa shape index (κ2) is 59.2. The van der Waals surface area contributed by atoms with Crippen LogP contribution in [0.15, 0.2) is 48.6 Å². The molecule has 68 heavy (non-hydrogen) atoms. The van der Waals surface area contributed by atoms with Crippen LogP contribution in [0.5, 0.6) is 0 Å². The Morgan fingerprint density at radius 3 is 0.956 bits per heavy atom. The smallest absolute Gasteiger partial charge is 0.306 e. The summed E-state index contributed by atoms with van der Waals surface area (Å²) >= 11 is 0. The zero-order valence-electron chi connectivity index (χ0n) is 45.6. The molecule has 0 amide bonds. The minimum absolute atomic E-state index is 0.0588. The third kappa shape index (κ3) is 56.4. The van der Waals surface area contributed by atoms with E-state index in [9.17, 15) is 14.7 Å². The highest BCUT2D eigenvalue weighted by molar-refractivity contribution is 5.70. The Morgan fingerprint density at radius 2 is 0.632 bits per heavy atom. The number of aliphatic hydroxyl groups is 1. The molecule has 0 saturated carbocycles. The summed E-state index contributed by atoms with van der Waals surface area (Å²) in [5.74, 6) is -0.572. The van der Waals surface area contributed by atoms with Crippen LogP contribution in [-0.4, -0.2) is 36.4 Å². The van der Waals surface area contributed by atoms with Crippen molar-refractivity contribution in [2.24, 2.45) is 0 Å². The Labute approximate surface area is 424 Å². The first-order valence-corrected chi connectivity index (χ1v) is 30.2. The molecule has 0 saturated heterocycles. The summed E-state index contributed by atoms with van der Waals surface area (Å²) in [5.41, 5.74) is 0. The van der Waals surface area contributed by atoms with Gasteiger partial charge in [-0.1, -0.05) is 306 Å². The first kappa shape index (κ1) is 65.9. The number of carbonyl (C=O) groups is 2. The molecule has 0 aromatic heterocycles. The van der Waals surface area contributed by atoms with Gasteiger partial charge in [0.2, 0.25) is 0 Å². The van der Waals surface area contributed by atoms with Crippen LogP contribution in [-0.2, 0) is 19.1 Å². The van der Waals surface area contributed by atoms with E-state index in [4.69, 9.17) is 9.47 Å². The first-order chi connectivity index (χ1) is 33.6. The number of ether oxygens (including phenoxy) is 2. The lowest BCUT2D eigenvalue weighted by Gasteiger charge is -2.15. The topological polar surface area (TPSA) is 72.8 Å². The number of unbranched alkanes of at least 4 members (excludes halogenated alkanes) is 40. The van der Waals surface area contributed by atoms with Crippen molar-refractivity contribution in [1.82, 2.24) is 0 Å². The Morgan fingerprint density at radius 1 is 0.353 bits per heavy atom. The summed E-state index contributed by atoms with van der Waals surface area (Å²) in [4.78, 5) is 24.4. The molecule has 0 spiro atoms. The second-order valence-electron chi connectivity index (χ2n) is 20.4. The van der Waals surface area contributed by atoms with Gasteiger partial charge < -0.3 is 14.6 Å². The fraction of sp³-hybridized carbons (Fsp3) is 0.841. The lowest BCUT2D eigenvalue weighted by molar-refractivity contribution is -0.161. The van der Waals surface area contributed by atoms with Gasteiger partial charge in [-0.2, -0.15) is 0 Å². The van der Waals surface area contributed by atoms with E-state index in [1.54, 1.807) is 0 Å². The van der Waals surface area contributed by atoms with Gasteiger partial charge in [0, 0.05) is 12.8 Å². The van der Waals surface area contributed by atoms with Crippen LogP contribution in [0.4, 0.5) is 0 Å². The van der Waals surface area contributed by atoms with E-state index in [-0.39, 0.29) is 25.2 Å². The Bertz CT molecular complexity index is 1120. The van der Waals surface area contributed by atoms with Gasteiger partial charge in [0.15, 0.2) is 6.10 Å². The quantitative estimate of drug-likeness (QED) is 0.0374. The van der Waals surface area contributed by atoms with Crippen molar-refractivity contribution >= 4 is 11.9 Å². The van der Waals surface area contributed by atoms with E-state index in [2.05, 4.69) is 62.5 Å². The molecule has 0 rings (SSSR count). The Kier molecular flexibility index (Phi) is 57.3. The van der Waals surface area contributed by atoms with Crippen molar-refractivity contribution in [2.75, 3.05) is 13.2 Å². The number of carbonyl (C=O) groups excluding carboxylic acids is 2. The highest BCUT2D eigenvalue weighted by Crippen LogP contribution is 2.18. The van der Waals surface area contributed by atoms with Gasteiger partial charge in [0.25, 0.3) is 0 Å². The molecule has 0 bridgehead atoms. The van der Waals surface area contributed by atoms with Crippen molar-refractivity contribution in [3.8, 4) is 0 Å². The Hall–Kier alpha value is -2.14. The summed E-state index contributed by atoms with van der Waals surface area (Å²) in [7, 11) is 0. The molecule has 1 unspecified atom stereocenters. The van der Waals surface area contributed by atoms with Crippen LogP contribution in [0.3, 0.4) is 0 Å². The van der Waals surface area contributed by atoms with E-state index >= 15 is 0 Å². The minimum atomic E-state index is -0.766. The first-order valence-electron chi connectivity index (χ1n) is 30.2. The zero-order chi connectivity index (χ0) is 49.2. The third-order valence-electron chi connectivity index (χ3n) is 13.6. The van der Waals surface area contributed by atoms with Crippen LogP contribution in [0.25, 0.3) is 0 Å². The average molecular weight is 954 g/mol. The molecule has 5 heteroatoms. The van der Waals surface area contributed by atoms with Crippen LogP contribution in [0, 0.1) is 0 Å². The molecule has 0 aliphatic rings. The van der Waals surface area contributed by atoms with Crippen molar-refractivity contribution < 1.29 is 24.2 Å². The SMILES string of the molecule is CC/C=C\C/C=C\C/C=C\C/C=C\CCCCCCCCCCCCCCCCCCCCCCCCCCCCCCC(=O)OC(CO)COC(=O)CCCCCCCCCCCCCCC. The molecule has 398 valence electrons. The second-order valence-corrected chi connectivity index (χ2v) is 20.4. The van der Waals surface area contributed by atoms with Crippen LogP contribution >= 0.6 is 0 Å². The largest absolute Gasteiger partial charge is 0.462 e. The minimum Gasteiger partial charge on any atom is -0.462 e. The van der Waals surface area contributed by atoms with Gasteiger partial charge in [0.05, 0.1) is 6.61 Å². The van der Waals surface area contributed by atoms with Gasteiger partial charge in [-0.15, -0.1) is 0 Å². The van der Waals surface area contributed by atoms with E-state index < -0.39 is 6.10 Å². The monoisotopic (exact) mass is 953 g/mol. The molecule has 0 aliphatic carbocycles. The van der Waals surface area contributed by atoms with Gasteiger partial charge in [0.1, 0.15) is 6.61 Å². The molecular formula is C63H116O5. The highest BCUT2D eigenvalue weighted by atomic mass is 16.6. The molecule has 0 radical (unpaired) electrons. The molecule has 1 N–H and O–H groups in total. The van der Waals surface area contributed by atoms with E-state index in [0.29, 0.717) is 12.8 Å². The summed E-state index contributed by atoms with van der Waals surface area (Å²) in [6, 6.07) is 0. The van der Waals surface area contributed by atoms with E-state index in [1.165, 1.54) is 238 Å². The molecular weight excluding hydrogens is 837 g/mol. The van der Waals surface area contributed by atoms with Crippen LogP contribution < -0.4 is 0 Å². The number of aliphatic hydroxyl groups excluding tert-OH is 1. The predicted octanol–water partition coefficient (Wildman–Crippen LogP) is 20.4. The molecule has 0 aromatic carbocycles. The maximum absolute atomic E-state index is 12.3. The summed E-state index contributed by atoms with van der Waals surface area (Å²) in [6.07, 6.45) is 78.4. The normalized spacial score (nSPS) is 12.5. The molecule has 0 heterocycles. The maximum atomic E-state index is 12.3. The van der Waals surface area contributed by atoms with Gasteiger partial charge in [-0.3, -0.25) is 9.59 Å². The number of hydrogen-bond acceptors (Lipinski definition) is 5. The number of rotatable bonds is 56. The van der Waals surface area contributed by atoms with Crippen molar-refractivity contribution in [3.05, 3.63) is 48.6 Å². The van der Waals surface area contributed by atoms with Gasteiger partial charge >= 0.3 is 11.9 Å². The molecule has 0 fully saturated rings. The third-order valence-corrected chi connectivity index (χ3v) is 13.6. The maximum Gasteiger partial charge on any atom is 0.306 e. The standard InChI is InChI=1S/C63H116O5/c1-3-5-7-9-11-13-15-17-18-19-20-21-22-23-24-25-26-27-28-29-30-31-32-33-34-35-36-37-38-39-40-41-42-43-44-46-48-50-52-54-56-58-63(66)68-61(59-64)60-67-62(65)57-55-53-51-49-47-45-16-14-12-10-8-6-4-2/h5,7,11,13,17-18,20-21,61,64H,3-4,6,8-10,12,14-16,19,22-60H2,1-2H3/b7-5-,13-11-,18-17-,21-20-. The predicted molar refractivity (Wildman–Crippen MR) is 297 cm³/mol. The number of esters is 2.